The number of fused-ring (bicyclic) bond motifs is 3. The molecule has 2 aliphatic heterocycles. The van der Waals surface area contributed by atoms with Crippen molar-refractivity contribution in [2.75, 3.05) is 7.11 Å². The number of ether oxygens (including phenoxy) is 2. The van der Waals surface area contributed by atoms with Gasteiger partial charge in [0, 0.05) is 22.0 Å². The highest BCUT2D eigenvalue weighted by molar-refractivity contribution is 9.10. The molecule has 1 atom stereocenters. The fourth-order valence-electron chi connectivity index (χ4n) is 3.47. The van der Waals surface area contributed by atoms with E-state index in [1.54, 1.807) is 19.2 Å². The van der Waals surface area contributed by atoms with E-state index in [1.807, 2.05) is 37.1 Å². The average Bonchev–Trinajstić information content (AvgIpc) is 3.02. The van der Waals surface area contributed by atoms with Crippen LogP contribution in [0, 0.1) is 0 Å². The lowest BCUT2D eigenvalue weighted by Crippen LogP contribution is -2.48. The van der Waals surface area contributed by atoms with Crippen molar-refractivity contribution in [3.8, 4) is 17.2 Å². The van der Waals surface area contributed by atoms with Crippen LogP contribution in [0.4, 0.5) is 0 Å². The Morgan fingerprint density at radius 3 is 2.84 bits per heavy atom. The van der Waals surface area contributed by atoms with Crippen molar-refractivity contribution in [2.45, 2.75) is 32.0 Å². The van der Waals surface area contributed by atoms with Crippen molar-refractivity contribution < 1.29 is 14.6 Å². The molecular formula is C19H19BrN2O3. The Balaban J connectivity index is 1.79. The van der Waals surface area contributed by atoms with Crippen molar-refractivity contribution in [1.82, 2.24) is 5.01 Å². The Morgan fingerprint density at radius 2 is 2.08 bits per heavy atom. The number of phenols is 1. The van der Waals surface area contributed by atoms with E-state index in [0.29, 0.717) is 17.7 Å². The van der Waals surface area contributed by atoms with Gasteiger partial charge in [-0.25, -0.2) is 5.01 Å². The molecule has 5 nitrogen and oxygen atoms in total. The van der Waals surface area contributed by atoms with Gasteiger partial charge in [0.1, 0.15) is 17.2 Å². The summed E-state index contributed by atoms with van der Waals surface area (Å²) in [6.45, 7) is 4.01. The largest absolute Gasteiger partial charge is 0.507 e. The normalized spacial score (nSPS) is 20.4. The molecule has 25 heavy (non-hydrogen) atoms. The number of rotatable bonds is 2. The van der Waals surface area contributed by atoms with Gasteiger partial charge in [0.15, 0.2) is 5.72 Å². The predicted molar refractivity (Wildman–Crippen MR) is 99.2 cm³/mol. The summed E-state index contributed by atoms with van der Waals surface area (Å²) < 4.78 is 12.5. The summed E-state index contributed by atoms with van der Waals surface area (Å²) in [5.74, 6) is 1.77. The highest BCUT2D eigenvalue weighted by atomic mass is 79.9. The molecule has 1 N–H and O–H groups in total. The first kappa shape index (κ1) is 16.3. The van der Waals surface area contributed by atoms with E-state index in [1.165, 1.54) is 0 Å². The fourth-order valence-corrected chi connectivity index (χ4v) is 3.85. The first-order valence-corrected chi connectivity index (χ1v) is 8.91. The molecule has 2 aromatic carbocycles. The van der Waals surface area contributed by atoms with Crippen molar-refractivity contribution in [3.05, 3.63) is 52.0 Å². The molecule has 0 radical (unpaired) electrons. The summed E-state index contributed by atoms with van der Waals surface area (Å²) in [4.78, 5) is 0. The second-order valence-electron chi connectivity index (χ2n) is 6.73. The number of nitrogens with zero attached hydrogens (tertiary/aromatic N) is 2. The number of aromatic hydroxyl groups is 1. The van der Waals surface area contributed by atoms with E-state index in [2.05, 4.69) is 22.0 Å². The SMILES string of the molecule is COc1ccc(O)c(C2=NN3[C@@H](C2)c2cc(Br)ccc2OC3(C)C)c1. The van der Waals surface area contributed by atoms with Crippen LogP contribution in [0.2, 0.25) is 0 Å². The Morgan fingerprint density at radius 1 is 1.28 bits per heavy atom. The van der Waals surface area contributed by atoms with E-state index in [9.17, 15) is 5.11 Å². The zero-order valence-corrected chi connectivity index (χ0v) is 15.9. The van der Waals surface area contributed by atoms with Crippen LogP contribution in [0.1, 0.15) is 37.4 Å². The monoisotopic (exact) mass is 402 g/mol. The first-order valence-electron chi connectivity index (χ1n) is 8.12. The minimum Gasteiger partial charge on any atom is -0.507 e. The lowest BCUT2D eigenvalue weighted by Gasteiger charge is -2.43. The molecule has 0 saturated heterocycles. The number of halogens is 1. The van der Waals surface area contributed by atoms with Crippen LogP contribution >= 0.6 is 15.9 Å². The van der Waals surface area contributed by atoms with Gasteiger partial charge in [-0.3, -0.25) is 0 Å². The molecule has 0 amide bonds. The molecule has 0 bridgehead atoms. The average molecular weight is 403 g/mol. The zero-order chi connectivity index (χ0) is 17.8. The molecule has 0 aliphatic carbocycles. The second-order valence-corrected chi connectivity index (χ2v) is 7.64. The predicted octanol–water partition coefficient (Wildman–Crippen LogP) is 4.44. The third-order valence-electron chi connectivity index (χ3n) is 4.67. The summed E-state index contributed by atoms with van der Waals surface area (Å²) in [5.41, 5.74) is 2.05. The minimum atomic E-state index is -0.568. The molecule has 2 heterocycles. The Bertz CT molecular complexity index is 879. The molecular weight excluding hydrogens is 384 g/mol. The van der Waals surface area contributed by atoms with Crippen LogP contribution in [-0.2, 0) is 0 Å². The lowest BCUT2D eigenvalue weighted by atomic mass is 9.95. The van der Waals surface area contributed by atoms with E-state index >= 15 is 0 Å². The smallest absolute Gasteiger partial charge is 0.192 e. The van der Waals surface area contributed by atoms with Crippen molar-refractivity contribution in [1.29, 1.82) is 0 Å². The summed E-state index contributed by atoms with van der Waals surface area (Å²) in [6.07, 6.45) is 0.691. The highest BCUT2D eigenvalue weighted by Crippen LogP contribution is 2.47. The third kappa shape index (κ3) is 2.65. The van der Waals surface area contributed by atoms with Crippen LogP contribution in [0.3, 0.4) is 0 Å². The molecule has 0 saturated carbocycles. The number of phenolic OH excluding ortho intramolecular Hbond substituents is 1. The van der Waals surface area contributed by atoms with E-state index < -0.39 is 5.72 Å². The molecule has 0 unspecified atom stereocenters. The molecule has 0 spiro atoms. The maximum absolute atomic E-state index is 10.3. The summed E-state index contributed by atoms with van der Waals surface area (Å²) >= 11 is 3.54. The third-order valence-corrected chi connectivity index (χ3v) is 5.16. The van der Waals surface area contributed by atoms with Crippen LogP contribution in [-0.4, -0.2) is 28.7 Å². The van der Waals surface area contributed by atoms with Gasteiger partial charge in [-0.2, -0.15) is 5.10 Å². The van der Waals surface area contributed by atoms with Gasteiger partial charge in [0.2, 0.25) is 0 Å². The maximum Gasteiger partial charge on any atom is 0.192 e. The van der Waals surface area contributed by atoms with Crippen molar-refractivity contribution in [3.63, 3.8) is 0 Å². The maximum atomic E-state index is 10.3. The van der Waals surface area contributed by atoms with Gasteiger partial charge < -0.3 is 14.6 Å². The van der Waals surface area contributed by atoms with Gasteiger partial charge in [-0.05, 0) is 50.2 Å². The molecule has 6 heteroatoms. The molecule has 2 aromatic rings. The number of hydrogen-bond acceptors (Lipinski definition) is 5. The molecule has 4 rings (SSSR count). The summed E-state index contributed by atoms with van der Waals surface area (Å²) in [7, 11) is 1.61. The number of methoxy groups -OCH3 is 1. The van der Waals surface area contributed by atoms with Crippen LogP contribution in [0.5, 0.6) is 17.2 Å². The number of hydrogen-bond donors (Lipinski definition) is 1. The Labute approximate surface area is 155 Å². The molecule has 2 aliphatic rings. The fraction of sp³-hybridized carbons (Fsp3) is 0.316. The van der Waals surface area contributed by atoms with Gasteiger partial charge in [-0.1, -0.05) is 15.9 Å². The number of benzene rings is 2. The minimum absolute atomic E-state index is 0.0665. The Hall–Kier alpha value is -2.21. The summed E-state index contributed by atoms with van der Waals surface area (Å²) in [6, 6.07) is 11.3. The zero-order valence-electron chi connectivity index (χ0n) is 14.3. The Kier molecular flexibility index (Phi) is 3.68. The van der Waals surface area contributed by atoms with Crippen LogP contribution in [0.15, 0.2) is 46.0 Å². The quantitative estimate of drug-likeness (QED) is 0.806. The second kappa shape index (κ2) is 5.66. The first-order chi connectivity index (χ1) is 11.9. The van der Waals surface area contributed by atoms with Crippen LogP contribution in [0.25, 0.3) is 0 Å². The topological polar surface area (TPSA) is 54.3 Å². The van der Waals surface area contributed by atoms with E-state index in [-0.39, 0.29) is 11.8 Å². The van der Waals surface area contributed by atoms with Gasteiger partial charge in [-0.15, -0.1) is 0 Å². The van der Waals surface area contributed by atoms with Gasteiger partial charge in [0.05, 0.1) is 18.9 Å². The molecule has 130 valence electrons. The summed E-state index contributed by atoms with van der Waals surface area (Å²) in [5, 5.41) is 17.1. The van der Waals surface area contributed by atoms with E-state index in [4.69, 9.17) is 14.6 Å². The van der Waals surface area contributed by atoms with Crippen molar-refractivity contribution in [2.24, 2.45) is 5.10 Å². The highest BCUT2D eigenvalue weighted by Gasteiger charge is 2.45. The van der Waals surface area contributed by atoms with Gasteiger partial charge >= 0.3 is 0 Å². The molecule has 0 aromatic heterocycles. The van der Waals surface area contributed by atoms with Crippen molar-refractivity contribution >= 4 is 21.6 Å². The van der Waals surface area contributed by atoms with E-state index in [0.717, 1.165) is 21.5 Å². The van der Waals surface area contributed by atoms with Crippen LogP contribution < -0.4 is 9.47 Å². The molecule has 0 fully saturated rings. The van der Waals surface area contributed by atoms with Gasteiger partial charge in [0.25, 0.3) is 0 Å². The lowest BCUT2D eigenvalue weighted by molar-refractivity contribution is -0.0911. The number of hydrazone groups is 1. The standard InChI is InChI=1S/C19H19BrN2O3/c1-19(2)22-16(14-8-11(20)4-7-18(14)25-19)10-15(21-22)13-9-12(24-3)5-6-17(13)23/h4-9,16,23H,10H2,1-3H3/t16-/m0/s1.